The Hall–Kier alpha value is -1.41. The molecule has 1 aromatic heterocycles. The van der Waals surface area contributed by atoms with Crippen molar-refractivity contribution in [1.29, 1.82) is 0 Å². The summed E-state index contributed by atoms with van der Waals surface area (Å²) in [6.45, 7) is 0. The lowest BCUT2D eigenvalue weighted by atomic mass is 10.2. The van der Waals surface area contributed by atoms with Gasteiger partial charge in [-0.05, 0) is 39.7 Å². The van der Waals surface area contributed by atoms with Crippen molar-refractivity contribution in [2.45, 2.75) is 0 Å². The van der Waals surface area contributed by atoms with E-state index in [1.54, 1.807) is 6.20 Å². The molecule has 0 unspecified atom stereocenters. The van der Waals surface area contributed by atoms with E-state index in [9.17, 15) is 0 Å². The fourth-order valence-corrected chi connectivity index (χ4v) is 1.65. The highest BCUT2D eigenvalue weighted by atomic mass is 79.9. The maximum atomic E-state index is 4.26. The highest BCUT2D eigenvalue weighted by Crippen LogP contribution is 2.15. The molecule has 2 rings (SSSR count). The van der Waals surface area contributed by atoms with Gasteiger partial charge in [-0.3, -0.25) is 4.98 Å². The molecule has 2 aromatic rings. The maximum absolute atomic E-state index is 4.26. The molecular formula is C13H10BrN. The van der Waals surface area contributed by atoms with Gasteiger partial charge in [0.1, 0.15) is 0 Å². The predicted octanol–water partition coefficient (Wildman–Crippen LogP) is 4.01. The van der Waals surface area contributed by atoms with Crippen LogP contribution in [0.2, 0.25) is 0 Å². The molecule has 0 amide bonds. The molecule has 74 valence electrons. The molecule has 0 saturated heterocycles. The minimum atomic E-state index is 0.946. The molecule has 1 nitrogen and oxygen atoms in total. The van der Waals surface area contributed by atoms with Crippen LogP contribution in [0.3, 0.4) is 0 Å². The highest BCUT2D eigenvalue weighted by Gasteiger charge is 1.93. The van der Waals surface area contributed by atoms with Crippen molar-refractivity contribution >= 4 is 28.1 Å². The number of aromatic nitrogens is 1. The molecule has 0 bridgehead atoms. The lowest BCUT2D eigenvalue weighted by Gasteiger charge is -1.96. The van der Waals surface area contributed by atoms with Crippen LogP contribution in [-0.2, 0) is 0 Å². The molecular weight excluding hydrogens is 250 g/mol. The van der Waals surface area contributed by atoms with E-state index in [4.69, 9.17) is 0 Å². The molecule has 15 heavy (non-hydrogen) atoms. The topological polar surface area (TPSA) is 12.9 Å². The minimum Gasteiger partial charge on any atom is -0.256 e. The predicted molar refractivity (Wildman–Crippen MR) is 67.3 cm³/mol. The SMILES string of the molecule is Brc1cccnc1C=Cc1ccccc1. The van der Waals surface area contributed by atoms with E-state index >= 15 is 0 Å². The Labute approximate surface area is 97.6 Å². The summed E-state index contributed by atoms with van der Waals surface area (Å²) in [5.41, 5.74) is 2.12. The zero-order valence-electron chi connectivity index (χ0n) is 8.10. The monoisotopic (exact) mass is 259 g/mol. The van der Waals surface area contributed by atoms with Crippen LogP contribution >= 0.6 is 15.9 Å². The standard InChI is InChI=1S/C13H10BrN/c14-12-7-4-10-15-13(12)9-8-11-5-2-1-3-6-11/h1-10H. The summed E-state index contributed by atoms with van der Waals surface area (Å²) in [5, 5.41) is 0. The molecule has 0 N–H and O–H groups in total. The fourth-order valence-electron chi connectivity index (χ4n) is 1.26. The smallest absolute Gasteiger partial charge is 0.0771 e. The van der Waals surface area contributed by atoms with Gasteiger partial charge in [0.15, 0.2) is 0 Å². The summed E-state index contributed by atoms with van der Waals surface area (Å²) in [7, 11) is 0. The summed E-state index contributed by atoms with van der Waals surface area (Å²) < 4.78 is 1.01. The van der Waals surface area contributed by atoms with Crippen LogP contribution in [-0.4, -0.2) is 4.98 Å². The van der Waals surface area contributed by atoms with Crippen LogP contribution in [0.1, 0.15) is 11.3 Å². The first-order chi connectivity index (χ1) is 7.36. The second-order valence-corrected chi connectivity index (χ2v) is 3.97. The van der Waals surface area contributed by atoms with Crippen molar-refractivity contribution in [3.05, 3.63) is 64.4 Å². The van der Waals surface area contributed by atoms with Gasteiger partial charge in [-0.2, -0.15) is 0 Å². The van der Waals surface area contributed by atoms with Gasteiger partial charge in [0.05, 0.1) is 5.69 Å². The number of rotatable bonds is 2. The fraction of sp³-hybridized carbons (Fsp3) is 0. The largest absolute Gasteiger partial charge is 0.256 e. The van der Waals surface area contributed by atoms with Crippen molar-refractivity contribution in [2.24, 2.45) is 0 Å². The summed E-state index contributed by atoms with van der Waals surface area (Å²) in [5.74, 6) is 0. The highest BCUT2D eigenvalue weighted by molar-refractivity contribution is 9.10. The molecule has 0 atom stereocenters. The number of pyridine rings is 1. The first-order valence-electron chi connectivity index (χ1n) is 4.70. The van der Waals surface area contributed by atoms with E-state index in [0.29, 0.717) is 0 Å². The first-order valence-corrected chi connectivity index (χ1v) is 5.49. The molecule has 0 radical (unpaired) electrons. The Morgan fingerprint density at radius 1 is 0.933 bits per heavy atom. The van der Waals surface area contributed by atoms with Crippen molar-refractivity contribution in [1.82, 2.24) is 4.98 Å². The van der Waals surface area contributed by atoms with Crippen molar-refractivity contribution in [3.63, 3.8) is 0 Å². The Bertz CT molecular complexity index is 463. The maximum Gasteiger partial charge on any atom is 0.0771 e. The van der Waals surface area contributed by atoms with E-state index in [1.165, 1.54) is 5.56 Å². The van der Waals surface area contributed by atoms with Crippen molar-refractivity contribution < 1.29 is 0 Å². The number of halogens is 1. The second-order valence-electron chi connectivity index (χ2n) is 3.11. The Kier molecular flexibility index (Phi) is 3.30. The molecule has 0 aliphatic heterocycles. The lowest BCUT2D eigenvalue weighted by Crippen LogP contribution is -1.80. The quantitative estimate of drug-likeness (QED) is 0.794. The third-order valence-electron chi connectivity index (χ3n) is 2.02. The Morgan fingerprint density at radius 3 is 2.47 bits per heavy atom. The van der Waals surface area contributed by atoms with Crippen LogP contribution in [0.25, 0.3) is 12.2 Å². The normalized spacial score (nSPS) is 10.7. The summed E-state index contributed by atoms with van der Waals surface area (Å²) >= 11 is 3.46. The van der Waals surface area contributed by atoms with Gasteiger partial charge in [0.25, 0.3) is 0 Å². The molecule has 0 spiro atoms. The Morgan fingerprint density at radius 2 is 1.73 bits per heavy atom. The third-order valence-corrected chi connectivity index (χ3v) is 2.69. The average Bonchev–Trinajstić information content (AvgIpc) is 2.29. The summed E-state index contributed by atoms with van der Waals surface area (Å²) in [6.07, 6.45) is 5.84. The van der Waals surface area contributed by atoms with Crippen molar-refractivity contribution in [2.75, 3.05) is 0 Å². The van der Waals surface area contributed by atoms with E-state index in [-0.39, 0.29) is 0 Å². The Balaban J connectivity index is 2.23. The molecule has 0 aliphatic rings. The number of hydrogen-bond acceptors (Lipinski definition) is 1. The molecule has 2 heteroatoms. The van der Waals surface area contributed by atoms with Gasteiger partial charge in [-0.25, -0.2) is 0 Å². The molecule has 1 heterocycles. The van der Waals surface area contributed by atoms with Gasteiger partial charge < -0.3 is 0 Å². The van der Waals surface area contributed by atoms with Gasteiger partial charge in [0.2, 0.25) is 0 Å². The zero-order chi connectivity index (χ0) is 10.5. The molecule has 0 aliphatic carbocycles. The van der Waals surface area contributed by atoms with Gasteiger partial charge in [-0.1, -0.05) is 36.4 Å². The molecule has 0 saturated carbocycles. The number of benzene rings is 1. The van der Waals surface area contributed by atoms with E-state index in [2.05, 4.69) is 33.0 Å². The first kappa shape index (κ1) is 10.1. The van der Waals surface area contributed by atoms with Gasteiger partial charge in [-0.15, -0.1) is 0 Å². The second kappa shape index (κ2) is 4.89. The molecule has 0 fully saturated rings. The van der Waals surface area contributed by atoms with E-state index in [0.717, 1.165) is 10.2 Å². The zero-order valence-corrected chi connectivity index (χ0v) is 9.68. The van der Waals surface area contributed by atoms with Crippen LogP contribution in [0, 0.1) is 0 Å². The van der Waals surface area contributed by atoms with Crippen molar-refractivity contribution in [3.8, 4) is 0 Å². The summed E-state index contributed by atoms with van der Waals surface area (Å²) in [4.78, 5) is 4.26. The number of hydrogen-bond donors (Lipinski definition) is 0. The van der Waals surface area contributed by atoms with Gasteiger partial charge in [0, 0.05) is 10.7 Å². The van der Waals surface area contributed by atoms with Crippen LogP contribution in [0.15, 0.2) is 53.1 Å². The number of nitrogens with zero attached hydrogens (tertiary/aromatic N) is 1. The van der Waals surface area contributed by atoms with Crippen LogP contribution in [0.4, 0.5) is 0 Å². The molecule has 1 aromatic carbocycles. The lowest BCUT2D eigenvalue weighted by molar-refractivity contribution is 1.28. The van der Waals surface area contributed by atoms with E-state index in [1.807, 2.05) is 42.5 Å². The minimum absolute atomic E-state index is 0.946. The summed E-state index contributed by atoms with van der Waals surface area (Å²) in [6, 6.07) is 14.1. The van der Waals surface area contributed by atoms with Crippen LogP contribution < -0.4 is 0 Å². The van der Waals surface area contributed by atoms with Gasteiger partial charge >= 0.3 is 0 Å². The van der Waals surface area contributed by atoms with Crippen LogP contribution in [0.5, 0.6) is 0 Å². The van der Waals surface area contributed by atoms with E-state index < -0.39 is 0 Å². The third kappa shape index (κ3) is 2.77. The average molecular weight is 260 g/mol.